The van der Waals surface area contributed by atoms with E-state index in [0.29, 0.717) is 47.4 Å². The molecule has 0 radical (unpaired) electrons. The average Bonchev–Trinajstić information content (AvgIpc) is 2.86. The molecule has 0 spiro atoms. The predicted molar refractivity (Wildman–Crippen MR) is 137 cm³/mol. The fourth-order valence-corrected chi connectivity index (χ4v) is 4.08. The second-order valence-electron chi connectivity index (χ2n) is 8.48. The molecule has 6 nitrogen and oxygen atoms in total. The molecular weight excluding hydrogens is 462 g/mol. The SMILES string of the molecule is CN(Cc1ccccc1)C(=O)c1ccc2nc(-c3ccc(Cl)cc3)c(CCCCC(=O)O)nc2c1. The largest absolute Gasteiger partial charge is 0.481 e. The predicted octanol–water partition coefficient (Wildman–Crippen LogP) is 6.02. The maximum absolute atomic E-state index is 13.1. The number of hydrogen-bond acceptors (Lipinski definition) is 4. The smallest absolute Gasteiger partial charge is 0.303 e. The molecule has 1 N–H and O–H groups in total. The van der Waals surface area contributed by atoms with E-state index in [-0.39, 0.29) is 12.3 Å². The summed E-state index contributed by atoms with van der Waals surface area (Å²) in [6.45, 7) is 0.508. The Labute approximate surface area is 209 Å². The van der Waals surface area contributed by atoms with E-state index in [2.05, 4.69) is 0 Å². The highest BCUT2D eigenvalue weighted by Crippen LogP contribution is 2.27. The number of aliphatic carboxylic acids is 1. The van der Waals surface area contributed by atoms with E-state index in [0.717, 1.165) is 22.5 Å². The van der Waals surface area contributed by atoms with Crippen LogP contribution in [0.3, 0.4) is 0 Å². The number of nitrogens with zero attached hydrogens (tertiary/aromatic N) is 3. The van der Waals surface area contributed by atoms with E-state index >= 15 is 0 Å². The summed E-state index contributed by atoms with van der Waals surface area (Å²) >= 11 is 6.06. The van der Waals surface area contributed by atoms with Crippen LogP contribution in [0.4, 0.5) is 0 Å². The minimum atomic E-state index is -0.810. The van der Waals surface area contributed by atoms with Crippen LogP contribution in [0.5, 0.6) is 0 Å². The van der Waals surface area contributed by atoms with Gasteiger partial charge >= 0.3 is 5.97 Å². The topological polar surface area (TPSA) is 83.4 Å². The van der Waals surface area contributed by atoms with Crippen LogP contribution in [0.15, 0.2) is 72.8 Å². The first-order chi connectivity index (χ1) is 16.9. The van der Waals surface area contributed by atoms with Crippen molar-refractivity contribution in [3.63, 3.8) is 0 Å². The summed E-state index contributed by atoms with van der Waals surface area (Å²) in [4.78, 5) is 35.4. The van der Waals surface area contributed by atoms with Crippen LogP contribution in [0, 0.1) is 0 Å². The fourth-order valence-electron chi connectivity index (χ4n) is 3.96. The number of carboxylic acids is 1. The van der Waals surface area contributed by atoms with Crippen molar-refractivity contribution in [1.29, 1.82) is 0 Å². The Kier molecular flexibility index (Phi) is 7.73. The van der Waals surface area contributed by atoms with Gasteiger partial charge in [0.1, 0.15) is 0 Å². The highest BCUT2D eigenvalue weighted by molar-refractivity contribution is 6.30. The standard InChI is InChI=1S/C28H26ClN3O3/c1-32(18-19-7-3-2-4-8-19)28(35)21-13-16-23-25(17-21)30-24(9-5-6-10-26(33)34)27(31-23)20-11-14-22(29)15-12-20/h2-4,7-8,11-17H,5-6,9-10,18H2,1H3,(H,33,34). The third-order valence-corrected chi connectivity index (χ3v) is 6.02. The molecule has 178 valence electrons. The van der Waals surface area contributed by atoms with Crippen LogP contribution in [0.1, 0.15) is 40.9 Å². The van der Waals surface area contributed by atoms with Crippen molar-refractivity contribution in [3.8, 4) is 11.3 Å². The number of aromatic nitrogens is 2. The summed E-state index contributed by atoms with van der Waals surface area (Å²) in [5, 5.41) is 9.59. The minimum absolute atomic E-state index is 0.0951. The van der Waals surface area contributed by atoms with E-state index in [1.165, 1.54) is 0 Å². The van der Waals surface area contributed by atoms with Gasteiger partial charge in [0.2, 0.25) is 0 Å². The molecular formula is C28H26ClN3O3. The molecule has 7 heteroatoms. The lowest BCUT2D eigenvalue weighted by Crippen LogP contribution is -2.26. The van der Waals surface area contributed by atoms with Crippen molar-refractivity contribution in [3.05, 3.63) is 94.6 Å². The van der Waals surface area contributed by atoms with Crippen molar-refractivity contribution in [2.75, 3.05) is 7.05 Å². The molecule has 1 heterocycles. The van der Waals surface area contributed by atoms with Gasteiger partial charge in [-0.1, -0.05) is 54.1 Å². The monoisotopic (exact) mass is 487 g/mol. The molecule has 4 aromatic rings. The van der Waals surface area contributed by atoms with Gasteiger partial charge < -0.3 is 10.0 Å². The minimum Gasteiger partial charge on any atom is -0.481 e. The van der Waals surface area contributed by atoms with Crippen LogP contribution < -0.4 is 0 Å². The van der Waals surface area contributed by atoms with E-state index in [1.807, 2.05) is 48.5 Å². The van der Waals surface area contributed by atoms with E-state index in [4.69, 9.17) is 26.7 Å². The Morgan fingerprint density at radius 3 is 2.37 bits per heavy atom. The molecule has 0 saturated carbocycles. The number of rotatable bonds is 9. The molecule has 35 heavy (non-hydrogen) atoms. The van der Waals surface area contributed by atoms with Gasteiger partial charge in [0, 0.05) is 36.2 Å². The van der Waals surface area contributed by atoms with Gasteiger partial charge in [-0.2, -0.15) is 0 Å². The summed E-state index contributed by atoms with van der Waals surface area (Å²) in [7, 11) is 1.78. The van der Waals surface area contributed by atoms with E-state index in [1.54, 1.807) is 36.2 Å². The van der Waals surface area contributed by atoms with Crippen molar-refractivity contribution >= 4 is 34.5 Å². The van der Waals surface area contributed by atoms with Crippen LogP contribution in [0.2, 0.25) is 5.02 Å². The van der Waals surface area contributed by atoms with Crippen LogP contribution in [-0.2, 0) is 17.8 Å². The van der Waals surface area contributed by atoms with Gasteiger partial charge in [-0.15, -0.1) is 0 Å². The molecule has 0 fully saturated rings. The first-order valence-electron chi connectivity index (χ1n) is 11.5. The molecule has 0 unspecified atom stereocenters. The molecule has 0 saturated heterocycles. The first-order valence-corrected chi connectivity index (χ1v) is 11.9. The molecule has 0 aliphatic rings. The quantitative estimate of drug-likeness (QED) is 0.292. The van der Waals surface area contributed by atoms with E-state index in [9.17, 15) is 9.59 Å². The Bertz CT molecular complexity index is 1340. The summed E-state index contributed by atoms with van der Waals surface area (Å²) in [6, 6.07) is 22.6. The van der Waals surface area contributed by atoms with E-state index < -0.39 is 5.97 Å². The van der Waals surface area contributed by atoms with Gasteiger partial charge in [0.25, 0.3) is 5.91 Å². The Balaban J connectivity index is 1.64. The maximum Gasteiger partial charge on any atom is 0.303 e. The third kappa shape index (κ3) is 6.22. The van der Waals surface area contributed by atoms with Crippen molar-refractivity contribution < 1.29 is 14.7 Å². The maximum atomic E-state index is 13.1. The van der Waals surface area contributed by atoms with Gasteiger partial charge in [-0.05, 0) is 55.2 Å². The third-order valence-electron chi connectivity index (χ3n) is 5.76. The number of halogens is 1. The number of aryl methyl sites for hydroxylation is 1. The number of amides is 1. The molecule has 1 amide bonds. The Hall–Kier alpha value is -3.77. The van der Waals surface area contributed by atoms with Crippen LogP contribution in [-0.4, -0.2) is 38.9 Å². The van der Waals surface area contributed by atoms with Gasteiger partial charge in [0.15, 0.2) is 0 Å². The number of carbonyl (C=O) groups is 2. The van der Waals surface area contributed by atoms with Gasteiger partial charge in [-0.3, -0.25) is 9.59 Å². The zero-order valence-corrected chi connectivity index (χ0v) is 20.2. The van der Waals surface area contributed by atoms with Crippen molar-refractivity contribution in [1.82, 2.24) is 14.9 Å². The summed E-state index contributed by atoms with van der Waals surface area (Å²) in [6.07, 6.45) is 1.92. The number of carboxylic acid groups (broad SMARTS) is 1. The lowest BCUT2D eigenvalue weighted by molar-refractivity contribution is -0.137. The molecule has 0 atom stereocenters. The fraction of sp³-hybridized carbons (Fsp3) is 0.214. The zero-order chi connectivity index (χ0) is 24.8. The second-order valence-corrected chi connectivity index (χ2v) is 8.91. The number of benzene rings is 3. The normalized spacial score (nSPS) is 10.9. The lowest BCUT2D eigenvalue weighted by atomic mass is 10.0. The van der Waals surface area contributed by atoms with Crippen molar-refractivity contribution in [2.24, 2.45) is 0 Å². The number of fused-ring (bicyclic) bond motifs is 1. The Morgan fingerprint density at radius 2 is 1.66 bits per heavy atom. The van der Waals surface area contributed by atoms with Gasteiger partial charge in [0.05, 0.1) is 22.4 Å². The molecule has 4 rings (SSSR count). The summed E-state index contributed by atoms with van der Waals surface area (Å²) in [5.74, 6) is -0.905. The first kappa shape index (κ1) is 24.4. The Morgan fingerprint density at radius 1 is 0.914 bits per heavy atom. The summed E-state index contributed by atoms with van der Waals surface area (Å²) < 4.78 is 0. The molecule has 3 aromatic carbocycles. The molecule has 0 aliphatic heterocycles. The van der Waals surface area contributed by atoms with Crippen LogP contribution in [0.25, 0.3) is 22.3 Å². The molecule has 0 bridgehead atoms. The zero-order valence-electron chi connectivity index (χ0n) is 19.4. The van der Waals surface area contributed by atoms with Crippen LogP contribution >= 0.6 is 11.6 Å². The highest BCUT2D eigenvalue weighted by atomic mass is 35.5. The highest BCUT2D eigenvalue weighted by Gasteiger charge is 2.16. The number of hydrogen-bond donors (Lipinski definition) is 1. The summed E-state index contributed by atoms with van der Waals surface area (Å²) in [5.41, 5.74) is 5.32. The van der Waals surface area contributed by atoms with Crippen molar-refractivity contribution in [2.45, 2.75) is 32.2 Å². The number of carbonyl (C=O) groups excluding carboxylic acids is 1. The second kappa shape index (κ2) is 11.1. The molecule has 0 aliphatic carbocycles. The number of unbranched alkanes of at least 4 members (excludes halogenated alkanes) is 1. The lowest BCUT2D eigenvalue weighted by Gasteiger charge is -2.18. The average molecular weight is 488 g/mol. The van der Waals surface area contributed by atoms with Gasteiger partial charge in [-0.25, -0.2) is 9.97 Å². The molecule has 1 aromatic heterocycles.